The van der Waals surface area contributed by atoms with Gasteiger partial charge in [0.15, 0.2) is 11.8 Å². The Morgan fingerprint density at radius 3 is 2.46 bits per heavy atom. The average Bonchev–Trinajstić information content (AvgIpc) is 2.52. The number of para-hydroxylation sites is 1. The van der Waals surface area contributed by atoms with Crippen LogP contribution < -0.4 is 16.0 Å². The molecule has 3 N–H and O–H groups in total. The smallest absolute Gasteiger partial charge is 0.339 e. The lowest BCUT2D eigenvalue weighted by Crippen LogP contribution is -2.56. The molecule has 132 valence electrons. The summed E-state index contributed by atoms with van der Waals surface area (Å²) >= 11 is 22.2. The van der Waals surface area contributed by atoms with E-state index in [1.54, 1.807) is 18.2 Å². The van der Waals surface area contributed by atoms with Crippen molar-refractivity contribution in [2.45, 2.75) is 9.96 Å². The average molecular weight is 417 g/mol. The number of amides is 1. The molecule has 0 saturated carbocycles. The van der Waals surface area contributed by atoms with Gasteiger partial charge in [-0.2, -0.15) is 0 Å². The summed E-state index contributed by atoms with van der Waals surface area (Å²) in [5.41, 5.74) is 0.559. The number of hydrogen-bond acceptors (Lipinski definition) is 4. The number of benzene rings is 1. The number of carbonyl (C=O) groups is 2. The summed E-state index contributed by atoms with van der Waals surface area (Å²) in [4.78, 5) is 22.9. The molecule has 0 aliphatic carbocycles. The minimum Gasteiger partial charge on any atom is -0.465 e. The maximum atomic E-state index is 12.3. The lowest BCUT2D eigenvalue weighted by molar-refractivity contribution is -0.122. The van der Waals surface area contributed by atoms with E-state index in [-0.39, 0.29) is 10.7 Å². The molecular weight excluding hydrogens is 404 g/mol. The number of thiocarbonyl (C=S) groups is 1. The summed E-state index contributed by atoms with van der Waals surface area (Å²) in [5.74, 6) is -1.57. The van der Waals surface area contributed by atoms with Crippen molar-refractivity contribution in [2.75, 3.05) is 19.1 Å². The third kappa shape index (κ3) is 6.27. The van der Waals surface area contributed by atoms with Crippen LogP contribution in [0.25, 0.3) is 0 Å². The number of hydrogen-bond donors (Lipinski definition) is 3. The highest BCUT2D eigenvalue weighted by Crippen LogP contribution is 2.29. The predicted octanol–water partition coefficient (Wildman–Crippen LogP) is 2.54. The monoisotopic (exact) mass is 415 g/mol. The van der Waals surface area contributed by atoms with Gasteiger partial charge in [-0.25, -0.2) is 9.18 Å². The van der Waals surface area contributed by atoms with Crippen LogP contribution in [-0.4, -0.2) is 40.7 Å². The number of methoxy groups -OCH3 is 1. The fourth-order valence-electron chi connectivity index (χ4n) is 1.57. The predicted molar refractivity (Wildman–Crippen MR) is 95.3 cm³/mol. The number of alkyl halides is 4. The Morgan fingerprint density at radius 1 is 1.29 bits per heavy atom. The zero-order valence-corrected chi connectivity index (χ0v) is 15.3. The third-order valence-electron chi connectivity index (χ3n) is 2.61. The molecule has 0 unspecified atom stereocenters. The zero-order chi connectivity index (χ0) is 18.3. The van der Waals surface area contributed by atoms with Crippen LogP contribution in [0.5, 0.6) is 0 Å². The molecular formula is C13H13Cl3FN3O3S. The maximum absolute atomic E-state index is 12.3. The molecule has 0 radical (unpaired) electrons. The van der Waals surface area contributed by atoms with Crippen LogP contribution in [0.1, 0.15) is 10.4 Å². The largest absolute Gasteiger partial charge is 0.465 e. The van der Waals surface area contributed by atoms with Crippen molar-refractivity contribution >= 4 is 69.7 Å². The van der Waals surface area contributed by atoms with Gasteiger partial charge in [0, 0.05) is 0 Å². The van der Waals surface area contributed by atoms with Gasteiger partial charge in [0.2, 0.25) is 3.79 Å². The van der Waals surface area contributed by atoms with E-state index >= 15 is 0 Å². The summed E-state index contributed by atoms with van der Waals surface area (Å²) in [6.45, 7) is -1.29. The first-order chi connectivity index (χ1) is 11.2. The summed E-state index contributed by atoms with van der Waals surface area (Å²) in [6, 6.07) is 6.40. The molecule has 0 saturated heterocycles. The van der Waals surface area contributed by atoms with Crippen molar-refractivity contribution < 1.29 is 18.7 Å². The molecule has 1 aromatic carbocycles. The first kappa shape index (κ1) is 20.7. The molecule has 0 aromatic heterocycles. The van der Waals surface area contributed by atoms with Gasteiger partial charge in [-0.05, 0) is 24.4 Å². The highest BCUT2D eigenvalue weighted by molar-refractivity contribution is 7.80. The van der Waals surface area contributed by atoms with Crippen LogP contribution in [-0.2, 0) is 9.53 Å². The van der Waals surface area contributed by atoms with Gasteiger partial charge < -0.3 is 20.7 Å². The standard InChI is InChI=1S/C13H13Cl3FN3O3S/c1-23-10(22)7-4-2-3-5-8(7)18-12(24)20-11(13(14,15)16)19-9(21)6-17/h2-5,11H,6H2,1H3,(H,19,21)(H2,18,20,24)/t11-/m0/s1. The molecule has 0 fully saturated rings. The quantitative estimate of drug-likeness (QED) is 0.296. The number of anilines is 1. The fourth-order valence-corrected chi connectivity index (χ4v) is 2.12. The third-order valence-corrected chi connectivity index (χ3v) is 3.48. The van der Waals surface area contributed by atoms with Gasteiger partial charge in [0.1, 0.15) is 6.17 Å². The van der Waals surface area contributed by atoms with E-state index in [2.05, 4.69) is 20.7 Å². The van der Waals surface area contributed by atoms with E-state index in [4.69, 9.17) is 47.0 Å². The van der Waals surface area contributed by atoms with E-state index in [0.29, 0.717) is 5.69 Å². The van der Waals surface area contributed by atoms with Crippen LogP contribution in [0.2, 0.25) is 0 Å². The van der Waals surface area contributed by atoms with Gasteiger partial charge >= 0.3 is 5.97 Å². The van der Waals surface area contributed by atoms with E-state index in [1.165, 1.54) is 13.2 Å². The first-order valence-electron chi connectivity index (χ1n) is 6.36. The number of carbonyl (C=O) groups excluding carboxylic acids is 2. The summed E-state index contributed by atoms with van der Waals surface area (Å²) in [6.07, 6.45) is -1.30. The second-order valence-electron chi connectivity index (χ2n) is 4.31. The molecule has 0 heterocycles. The van der Waals surface area contributed by atoms with Crippen molar-refractivity contribution in [3.8, 4) is 0 Å². The van der Waals surface area contributed by atoms with E-state index in [0.717, 1.165) is 0 Å². The summed E-state index contributed by atoms with van der Waals surface area (Å²) in [5, 5.41) is 7.31. The minimum atomic E-state index is -2.00. The molecule has 0 spiro atoms. The van der Waals surface area contributed by atoms with Gasteiger partial charge in [-0.15, -0.1) is 0 Å². The van der Waals surface area contributed by atoms with Gasteiger partial charge in [0.25, 0.3) is 5.91 Å². The number of ether oxygens (including phenoxy) is 1. The Hall–Kier alpha value is -1.35. The number of rotatable bonds is 5. The SMILES string of the molecule is COC(=O)c1ccccc1NC(=S)N[C@H](NC(=O)CF)C(Cl)(Cl)Cl. The minimum absolute atomic E-state index is 0.0677. The van der Waals surface area contributed by atoms with Crippen LogP contribution in [0.15, 0.2) is 24.3 Å². The lowest BCUT2D eigenvalue weighted by Gasteiger charge is -2.27. The second-order valence-corrected chi connectivity index (χ2v) is 7.09. The van der Waals surface area contributed by atoms with Crippen molar-refractivity contribution in [2.24, 2.45) is 0 Å². The molecule has 0 aliphatic rings. The molecule has 1 atom stereocenters. The Kier molecular flexibility index (Phi) is 7.95. The van der Waals surface area contributed by atoms with Gasteiger partial charge in [0.05, 0.1) is 18.4 Å². The van der Waals surface area contributed by atoms with Crippen molar-refractivity contribution in [3.05, 3.63) is 29.8 Å². The molecule has 11 heteroatoms. The highest BCUT2D eigenvalue weighted by Gasteiger charge is 2.34. The summed E-state index contributed by atoms with van der Waals surface area (Å²) < 4.78 is 15.0. The van der Waals surface area contributed by atoms with Gasteiger partial charge in [-0.1, -0.05) is 46.9 Å². The molecule has 1 rings (SSSR count). The Bertz CT molecular complexity index is 628. The van der Waals surface area contributed by atoms with E-state index in [1.807, 2.05) is 0 Å². The van der Waals surface area contributed by atoms with Crippen LogP contribution in [0.3, 0.4) is 0 Å². The molecule has 1 aromatic rings. The Balaban J connectivity index is 2.87. The maximum Gasteiger partial charge on any atom is 0.339 e. The second kappa shape index (κ2) is 9.22. The van der Waals surface area contributed by atoms with Crippen LogP contribution in [0.4, 0.5) is 10.1 Å². The van der Waals surface area contributed by atoms with Crippen molar-refractivity contribution in [1.29, 1.82) is 0 Å². The molecule has 1 amide bonds. The first-order valence-corrected chi connectivity index (χ1v) is 7.90. The Morgan fingerprint density at radius 2 is 1.92 bits per heavy atom. The van der Waals surface area contributed by atoms with Crippen molar-refractivity contribution in [1.82, 2.24) is 10.6 Å². The Labute approximate surface area is 158 Å². The van der Waals surface area contributed by atoms with Gasteiger partial charge in [-0.3, -0.25) is 4.79 Å². The molecule has 6 nitrogen and oxygen atoms in total. The summed E-state index contributed by atoms with van der Waals surface area (Å²) in [7, 11) is 1.24. The van der Waals surface area contributed by atoms with Crippen LogP contribution in [0, 0.1) is 0 Å². The molecule has 24 heavy (non-hydrogen) atoms. The number of esters is 1. The highest BCUT2D eigenvalue weighted by atomic mass is 35.6. The fraction of sp³-hybridized carbons (Fsp3) is 0.308. The van der Waals surface area contributed by atoms with E-state index in [9.17, 15) is 14.0 Å². The molecule has 0 bridgehead atoms. The lowest BCUT2D eigenvalue weighted by atomic mass is 10.2. The number of nitrogens with one attached hydrogen (secondary N) is 3. The normalized spacial score (nSPS) is 12.0. The van der Waals surface area contributed by atoms with Crippen LogP contribution >= 0.6 is 47.0 Å². The van der Waals surface area contributed by atoms with Crippen molar-refractivity contribution in [3.63, 3.8) is 0 Å². The number of halogens is 4. The van der Waals surface area contributed by atoms with E-state index < -0.39 is 28.5 Å². The zero-order valence-electron chi connectivity index (χ0n) is 12.2. The molecule has 0 aliphatic heterocycles. The topological polar surface area (TPSA) is 79.5 Å².